The molecule has 102 valence electrons. The Morgan fingerprint density at radius 3 is 2.28 bits per heavy atom. The molecule has 0 spiro atoms. The number of alkyl halides is 3. The number of nitrogens with two attached hydrogens (primary N) is 1. The average Bonchev–Trinajstić information content (AvgIpc) is 2.17. The number of nitrogen functional groups attached to an aromatic ring is 1. The molecule has 1 atom stereocenters. The third kappa shape index (κ3) is 2.95. The Hall–Kier alpha value is -1.24. The minimum atomic E-state index is -4.59. The molecular weight excluding hydrogens is 267 g/mol. The molecule has 0 aliphatic rings. The van der Waals surface area contributed by atoms with Gasteiger partial charge in [0.1, 0.15) is 0 Å². The molecule has 0 aliphatic carbocycles. The van der Waals surface area contributed by atoms with Crippen LogP contribution in [-0.2, 0) is 16.0 Å². The summed E-state index contributed by atoms with van der Waals surface area (Å²) in [5.74, 6) is 0. The zero-order valence-electron chi connectivity index (χ0n) is 9.95. The van der Waals surface area contributed by atoms with E-state index in [4.69, 9.17) is 5.73 Å². The zero-order valence-corrected chi connectivity index (χ0v) is 10.8. The van der Waals surface area contributed by atoms with Crippen molar-refractivity contribution < 1.29 is 21.6 Å². The molecule has 2 N–H and O–H groups in total. The van der Waals surface area contributed by atoms with E-state index in [1.54, 1.807) is 6.92 Å². The summed E-state index contributed by atoms with van der Waals surface area (Å²) in [6.07, 6.45) is -3.43. The molecule has 1 rings (SSSR count). The van der Waals surface area contributed by atoms with Crippen LogP contribution in [0.3, 0.4) is 0 Å². The number of hydrogen-bond acceptors (Lipinski definition) is 3. The molecule has 0 saturated carbocycles. The third-order valence-corrected chi connectivity index (χ3v) is 4.30. The van der Waals surface area contributed by atoms with Crippen LogP contribution in [0.2, 0.25) is 0 Å². The number of benzene rings is 1. The van der Waals surface area contributed by atoms with Gasteiger partial charge in [-0.05, 0) is 18.1 Å². The highest BCUT2D eigenvalue weighted by atomic mass is 32.2. The van der Waals surface area contributed by atoms with Crippen LogP contribution in [0.1, 0.15) is 29.7 Å². The van der Waals surface area contributed by atoms with E-state index in [0.717, 1.165) is 12.3 Å². The van der Waals surface area contributed by atoms with Crippen LogP contribution < -0.4 is 5.73 Å². The van der Waals surface area contributed by atoms with Gasteiger partial charge in [0.05, 0.1) is 10.8 Å². The fraction of sp³-hybridized carbons (Fsp3) is 0.455. The first-order chi connectivity index (χ1) is 8.09. The molecule has 0 heterocycles. The molecule has 0 aromatic heterocycles. The van der Waals surface area contributed by atoms with Crippen LogP contribution in [-0.4, -0.2) is 14.7 Å². The number of hydrogen-bond donors (Lipinski definition) is 1. The van der Waals surface area contributed by atoms with Gasteiger partial charge >= 0.3 is 6.18 Å². The minimum absolute atomic E-state index is 0.00910. The monoisotopic (exact) mass is 281 g/mol. The molecule has 18 heavy (non-hydrogen) atoms. The lowest BCUT2D eigenvalue weighted by Crippen LogP contribution is -2.16. The number of rotatable bonds is 3. The van der Waals surface area contributed by atoms with Crippen LogP contribution in [0.15, 0.2) is 18.2 Å². The Kier molecular flexibility index (Phi) is 3.95. The molecule has 3 nitrogen and oxygen atoms in total. The van der Waals surface area contributed by atoms with Crippen LogP contribution in [0.4, 0.5) is 18.9 Å². The van der Waals surface area contributed by atoms with E-state index >= 15 is 0 Å². The van der Waals surface area contributed by atoms with Gasteiger partial charge in [0, 0.05) is 11.9 Å². The van der Waals surface area contributed by atoms with Gasteiger partial charge in [0.25, 0.3) is 0 Å². The standard InChI is InChI=1S/C11H14F3NO2S/c1-3-9(18(2,16)17)7-5-4-6-8(10(7)15)11(12,13)14/h4-6,9H,3,15H2,1-2H3. The van der Waals surface area contributed by atoms with Crippen molar-refractivity contribution in [3.63, 3.8) is 0 Å². The van der Waals surface area contributed by atoms with Crippen molar-refractivity contribution >= 4 is 15.5 Å². The number of sulfone groups is 1. The number of halogens is 3. The Labute approximate surface area is 104 Å². The first-order valence-corrected chi connectivity index (χ1v) is 7.19. The predicted octanol–water partition coefficient (Wildman–Crippen LogP) is 2.78. The van der Waals surface area contributed by atoms with Crippen LogP contribution in [0.5, 0.6) is 0 Å². The maximum atomic E-state index is 12.7. The smallest absolute Gasteiger partial charge is 0.398 e. The van der Waals surface area contributed by atoms with Crippen LogP contribution >= 0.6 is 0 Å². The van der Waals surface area contributed by atoms with E-state index in [1.165, 1.54) is 12.1 Å². The normalized spacial score (nSPS) is 14.5. The Balaban J connectivity index is 3.44. The highest BCUT2D eigenvalue weighted by molar-refractivity contribution is 7.90. The summed E-state index contributed by atoms with van der Waals surface area (Å²) >= 11 is 0. The molecule has 0 saturated heterocycles. The molecule has 0 radical (unpaired) electrons. The second-order valence-electron chi connectivity index (χ2n) is 4.03. The lowest BCUT2D eigenvalue weighted by atomic mass is 10.0. The van der Waals surface area contributed by atoms with Gasteiger partial charge in [0.2, 0.25) is 0 Å². The first kappa shape index (κ1) is 14.8. The molecule has 0 aliphatic heterocycles. The van der Waals surface area contributed by atoms with Crippen molar-refractivity contribution in [2.45, 2.75) is 24.8 Å². The summed E-state index contributed by atoms with van der Waals surface area (Å²) in [6.45, 7) is 1.59. The molecule has 0 amide bonds. The van der Waals surface area contributed by atoms with Crippen molar-refractivity contribution in [3.8, 4) is 0 Å². The largest absolute Gasteiger partial charge is 0.418 e. The summed E-state index contributed by atoms with van der Waals surface area (Å²) in [5.41, 5.74) is 3.96. The summed E-state index contributed by atoms with van der Waals surface area (Å²) < 4.78 is 61.1. The Morgan fingerprint density at radius 1 is 1.33 bits per heavy atom. The van der Waals surface area contributed by atoms with Crippen molar-refractivity contribution in [2.75, 3.05) is 12.0 Å². The molecular formula is C11H14F3NO2S. The minimum Gasteiger partial charge on any atom is -0.398 e. The topological polar surface area (TPSA) is 60.2 Å². The summed E-state index contributed by atoms with van der Waals surface area (Å²) in [4.78, 5) is 0. The van der Waals surface area contributed by atoms with Crippen molar-refractivity contribution in [3.05, 3.63) is 29.3 Å². The van der Waals surface area contributed by atoms with E-state index in [-0.39, 0.29) is 12.0 Å². The van der Waals surface area contributed by atoms with Crippen molar-refractivity contribution in [2.24, 2.45) is 0 Å². The highest BCUT2D eigenvalue weighted by Gasteiger charge is 2.35. The number of anilines is 1. The van der Waals surface area contributed by atoms with E-state index < -0.39 is 32.5 Å². The van der Waals surface area contributed by atoms with E-state index in [2.05, 4.69) is 0 Å². The second-order valence-corrected chi connectivity index (χ2v) is 6.26. The zero-order chi connectivity index (χ0) is 14.1. The fourth-order valence-electron chi connectivity index (χ4n) is 1.86. The van der Waals surface area contributed by atoms with Gasteiger partial charge in [-0.1, -0.05) is 19.1 Å². The third-order valence-electron chi connectivity index (χ3n) is 2.68. The van der Waals surface area contributed by atoms with E-state index in [1.807, 2.05) is 0 Å². The molecule has 1 unspecified atom stereocenters. The summed E-state index contributed by atoms with van der Waals surface area (Å²) in [7, 11) is -3.50. The molecule has 0 fully saturated rings. The highest BCUT2D eigenvalue weighted by Crippen LogP contribution is 2.39. The van der Waals surface area contributed by atoms with Crippen molar-refractivity contribution in [1.82, 2.24) is 0 Å². The molecule has 1 aromatic rings. The maximum Gasteiger partial charge on any atom is 0.418 e. The van der Waals surface area contributed by atoms with Gasteiger partial charge in [0.15, 0.2) is 9.84 Å². The SMILES string of the molecule is CCC(c1cccc(C(F)(F)F)c1N)S(C)(=O)=O. The van der Waals surface area contributed by atoms with Gasteiger partial charge in [-0.2, -0.15) is 13.2 Å². The second kappa shape index (κ2) is 4.79. The van der Waals surface area contributed by atoms with Gasteiger partial charge in [-0.15, -0.1) is 0 Å². The Bertz CT molecular complexity index is 538. The van der Waals surface area contributed by atoms with Crippen LogP contribution in [0, 0.1) is 0 Å². The van der Waals surface area contributed by atoms with Gasteiger partial charge in [-0.25, -0.2) is 8.42 Å². The maximum absolute atomic E-state index is 12.7. The van der Waals surface area contributed by atoms with Gasteiger partial charge in [-0.3, -0.25) is 0 Å². The quantitative estimate of drug-likeness (QED) is 0.867. The lowest BCUT2D eigenvalue weighted by molar-refractivity contribution is -0.136. The van der Waals surface area contributed by atoms with Crippen molar-refractivity contribution in [1.29, 1.82) is 0 Å². The Morgan fingerprint density at radius 2 is 1.89 bits per heavy atom. The average molecular weight is 281 g/mol. The lowest BCUT2D eigenvalue weighted by Gasteiger charge is -2.19. The van der Waals surface area contributed by atoms with E-state index in [9.17, 15) is 21.6 Å². The summed E-state index contributed by atoms with van der Waals surface area (Å²) in [5, 5.41) is -1.01. The van der Waals surface area contributed by atoms with Crippen LogP contribution in [0.25, 0.3) is 0 Å². The molecule has 1 aromatic carbocycles. The van der Waals surface area contributed by atoms with E-state index in [0.29, 0.717) is 0 Å². The molecule has 0 bridgehead atoms. The molecule has 7 heteroatoms. The number of para-hydroxylation sites is 1. The first-order valence-electron chi connectivity index (χ1n) is 5.23. The summed E-state index contributed by atoms with van der Waals surface area (Å²) in [6, 6.07) is 3.33. The fourth-order valence-corrected chi connectivity index (χ4v) is 3.14. The predicted molar refractivity (Wildman–Crippen MR) is 63.7 cm³/mol. The van der Waals surface area contributed by atoms with Gasteiger partial charge < -0.3 is 5.73 Å².